The Labute approximate surface area is 121 Å². The number of rotatable bonds is 4. The molecular weight excluding hydrogens is 276 g/mol. The van der Waals surface area contributed by atoms with Crippen molar-refractivity contribution in [3.05, 3.63) is 29.3 Å². The number of nitrogens with zero attached hydrogens (tertiary/aromatic N) is 2. The zero-order valence-electron chi connectivity index (χ0n) is 11.6. The molecule has 0 aliphatic heterocycles. The minimum atomic E-state index is -0.346. The number of esters is 1. The summed E-state index contributed by atoms with van der Waals surface area (Å²) in [6, 6.07) is 5.41. The summed E-state index contributed by atoms with van der Waals surface area (Å²) in [7, 11) is 3.02. The molecule has 106 valence electrons. The fraction of sp³-hybridized carbons (Fsp3) is 0.357. The number of methoxy groups -OCH3 is 1. The van der Waals surface area contributed by atoms with Gasteiger partial charge in [-0.05, 0) is 18.2 Å². The third-order valence-corrected chi connectivity index (χ3v) is 3.87. The molecular formula is C14H16N2O3S. The Hall–Kier alpha value is -1.95. The molecule has 2 aromatic rings. The minimum Gasteiger partial charge on any atom is -0.469 e. The highest BCUT2D eigenvalue weighted by molar-refractivity contribution is 7.16. The predicted molar refractivity (Wildman–Crippen MR) is 77.8 cm³/mol. The van der Waals surface area contributed by atoms with E-state index in [9.17, 15) is 9.59 Å². The molecule has 0 fully saturated rings. The molecule has 0 saturated carbocycles. The van der Waals surface area contributed by atoms with E-state index in [-0.39, 0.29) is 17.8 Å². The van der Waals surface area contributed by atoms with Crippen LogP contribution in [0.5, 0.6) is 0 Å². The zero-order chi connectivity index (χ0) is 14.7. The zero-order valence-corrected chi connectivity index (χ0v) is 12.4. The summed E-state index contributed by atoms with van der Waals surface area (Å²) in [4.78, 5) is 29.4. The lowest BCUT2D eigenvalue weighted by atomic mass is 10.1. The molecule has 20 heavy (non-hydrogen) atoms. The van der Waals surface area contributed by atoms with Crippen LogP contribution in [0.3, 0.4) is 0 Å². The van der Waals surface area contributed by atoms with Gasteiger partial charge in [0, 0.05) is 19.2 Å². The number of hydrogen-bond acceptors (Lipinski definition) is 5. The van der Waals surface area contributed by atoms with Gasteiger partial charge in [0.25, 0.3) is 5.91 Å². The maximum Gasteiger partial charge on any atom is 0.310 e. The highest BCUT2D eigenvalue weighted by atomic mass is 32.1. The standard InChI is InChI=1S/C14H16N2O3S/c1-9(14(18)19-3)7-16(2)13(17)10-4-5-11-12(6-10)20-8-15-11/h4-6,8-9H,7H2,1-3H3. The van der Waals surface area contributed by atoms with Gasteiger partial charge in [-0.1, -0.05) is 6.92 Å². The molecule has 0 spiro atoms. The molecule has 0 aliphatic carbocycles. The van der Waals surface area contributed by atoms with Gasteiger partial charge in [-0.25, -0.2) is 4.98 Å². The van der Waals surface area contributed by atoms with Gasteiger partial charge in [0.05, 0.1) is 28.8 Å². The van der Waals surface area contributed by atoms with Crippen LogP contribution in [-0.4, -0.2) is 42.5 Å². The third-order valence-electron chi connectivity index (χ3n) is 3.08. The Morgan fingerprint density at radius 1 is 1.45 bits per heavy atom. The van der Waals surface area contributed by atoms with E-state index in [2.05, 4.69) is 9.72 Å². The lowest BCUT2D eigenvalue weighted by Gasteiger charge is -2.20. The van der Waals surface area contributed by atoms with Gasteiger partial charge in [0.15, 0.2) is 0 Å². The van der Waals surface area contributed by atoms with Gasteiger partial charge >= 0.3 is 5.97 Å². The molecule has 2 rings (SSSR count). The maximum atomic E-state index is 12.3. The smallest absolute Gasteiger partial charge is 0.310 e. The molecule has 0 saturated heterocycles. The maximum absolute atomic E-state index is 12.3. The summed E-state index contributed by atoms with van der Waals surface area (Å²) >= 11 is 1.50. The quantitative estimate of drug-likeness (QED) is 0.810. The molecule has 1 heterocycles. The molecule has 0 radical (unpaired) electrons. The van der Waals surface area contributed by atoms with Crippen LogP contribution in [0.4, 0.5) is 0 Å². The van der Waals surface area contributed by atoms with Crippen LogP contribution >= 0.6 is 11.3 Å². The monoisotopic (exact) mass is 292 g/mol. The van der Waals surface area contributed by atoms with E-state index in [4.69, 9.17) is 0 Å². The molecule has 1 aromatic carbocycles. The Bertz CT molecular complexity index is 638. The lowest BCUT2D eigenvalue weighted by molar-refractivity contribution is -0.145. The first-order valence-electron chi connectivity index (χ1n) is 6.19. The number of thiazole rings is 1. The molecule has 0 N–H and O–H groups in total. The first-order chi connectivity index (χ1) is 9.52. The van der Waals surface area contributed by atoms with Crippen molar-refractivity contribution in [2.24, 2.45) is 5.92 Å². The third kappa shape index (κ3) is 2.96. The molecule has 1 unspecified atom stereocenters. The average molecular weight is 292 g/mol. The van der Waals surface area contributed by atoms with Crippen molar-refractivity contribution in [1.82, 2.24) is 9.88 Å². The van der Waals surface area contributed by atoms with Gasteiger partial charge in [-0.15, -0.1) is 11.3 Å². The van der Waals surface area contributed by atoms with E-state index in [0.717, 1.165) is 10.2 Å². The number of benzene rings is 1. The second-order valence-electron chi connectivity index (χ2n) is 4.64. The predicted octanol–water partition coefficient (Wildman–Crippen LogP) is 2.18. The van der Waals surface area contributed by atoms with E-state index in [0.29, 0.717) is 12.1 Å². The summed E-state index contributed by atoms with van der Waals surface area (Å²) in [6.45, 7) is 2.06. The highest BCUT2D eigenvalue weighted by Crippen LogP contribution is 2.20. The fourth-order valence-corrected chi connectivity index (χ4v) is 2.69. The van der Waals surface area contributed by atoms with Crippen molar-refractivity contribution in [1.29, 1.82) is 0 Å². The largest absolute Gasteiger partial charge is 0.469 e. The summed E-state index contributed by atoms with van der Waals surface area (Å²) in [5.74, 6) is -0.778. The van der Waals surface area contributed by atoms with E-state index in [1.807, 2.05) is 12.1 Å². The first-order valence-corrected chi connectivity index (χ1v) is 7.07. The van der Waals surface area contributed by atoms with Crippen molar-refractivity contribution in [3.8, 4) is 0 Å². The number of fused-ring (bicyclic) bond motifs is 1. The highest BCUT2D eigenvalue weighted by Gasteiger charge is 2.19. The van der Waals surface area contributed by atoms with Crippen molar-refractivity contribution >= 4 is 33.4 Å². The average Bonchev–Trinajstić information content (AvgIpc) is 2.92. The van der Waals surface area contributed by atoms with Crippen LogP contribution in [0, 0.1) is 5.92 Å². The summed E-state index contributed by atoms with van der Waals surface area (Å²) in [5.41, 5.74) is 3.24. The fourth-order valence-electron chi connectivity index (χ4n) is 1.98. The number of amides is 1. The Balaban J connectivity index is 2.11. The van der Waals surface area contributed by atoms with E-state index < -0.39 is 0 Å². The normalized spacial score (nSPS) is 12.2. The molecule has 5 nitrogen and oxygen atoms in total. The van der Waals surface area contributed by atoms with Gasteiger partial charge < -0.3 is 9.64 Å². The molecule has 1 aromatic heterocycles. The minimum absolute atomic E-state index is 0.115. The number of carbonyl (C=O) groups excluding carboxylic acids is 2. The summed E-state index contributed by atoms with van der Waals surface area (Å²) in [6.07, 6.45) is 0. The van der Waals surface area contributed by atoms with Crippen molar-refractivity contribution in [2.75, 3.05) is 20.7 Å². The Morgan fingerprint density at radius 2 is 2.20 bits per heavy atom. The molecule has 1 amide bonds. The van der Waals surface area contributed by atoms with Crippen LogP contribution in [0.25, 0.3) is 10.2 Å². The van der Waals surface area contributed by atoms with Crippen molar-refractivity contribution < 1.29 is 14.3 Å². The van der Waals surface area contributed by atoms with Crippen LogP contribution in [-0.2, 0) is 9.53 Å². The molecule has 1 atom stereocenters. The van der Waals surface area contributed by atoms with Gasteiger partial charge in [0.1, 0.15) is 0 Å². The van der Waals surface area contributed by atoms with Crippen molar-refractivity contribution in [2.45, 2.75) is 6.92 Å². The second-order valence-corrected chi connectivity index (χ2v) is 5.53. The summed E-state index contributed by atoms with van der Waals surface area (Å²) in [5, 5.41) is 0. The van der Waals surface area contributed by atoms with Crippen LogP contribution in [0.2, 0.25) is 0 Å². The van der Waals surface area contributed by atoms with E-state index in [1.54, 1.807) is 25.5 Å². The van der Waals surface area contributed by atoms with E-state index in [1.165, 1.54) is 23.3 Å². The number of hydrogen-bond donors (Lipinski definition) is 0. The SMILES string of the molecule is COC(=O)C(C)CN(C)C(=O)c1ccc2ncsc2c1. The number of carbonyl (C=O) groups is 2. The van der Waals surface area contributed by atoms with Crippen LogP contribution in [0.1, 0.15) is 17.3 Å². The number of aromatic nitrogens is 1. The van der Waals surface area contributed by atoms with E-state index >= 15 is 0 Å². The number of ether oxygens (including phenoxy) is 1. The lowest BCUT2D eigenvalue weighted by Crippen LogP contribution is -2.34. The molecule has 6 heteroatoms. The van der Waals surface area contributed by atoms with Gasteiger partial charge in [-0.2, -0.15) is 0 Å². The Morgan fingerprint density at radius 3 is 2.90 bits per heavy atom. The Kier molecular flexibility index (Phi) is 4.34. The molecule has 0 bridgehead atoms. The summed E-state index contributed by atoms with van der Waals surface area (Å²) < 4.78 is 5.64. The van der Waals surface area contributed by atoms with Crippen LogP contribution < -0.4 is 0 Å². The van der Waals surface area contributed by atoms with Gasteiger partial charge in [0.2, 0.25) is 0 Å². The topological polar surface area (TPSA) is 59.5 Å². The van der Waals surface area contributed by atoms with Crippen LogP contribution in [0.15, 0.2) is 23.7 Å². The van der Waals surface area contributed by atoms with Crippen molar-refractivity contribution in [3.63, 3.8) is 0 Å². The molecule has 0 aliphatic rings. The van der Waals surface area contributed by atoms with Gasteiger partial charge in [-0.3, -0.25) is 9.59 Å². The second kappa shape index (κ2) is 6.00. The first kappa shape index (κ1) is 14.5.